The highest BCUT2D eigenvalue weighted by atomic mass is 16.5. The zero-order valence-corrected chi connectivity index (χ0v) is 21.1. The Morgan fingerprint density at radius 2 is 1.78 bits per heavy atom. The van der Waals surface area contributed by atoms with Gasteiger partial charge in [0.15, 0.2) is 0 Å². The molecule has 1 heterocycles. The van der Waals surface area contributed by atoms with Gasteiger partial charge in [-0.05, 0) is 48.4 Å². The highest BCUT2D eigenvalue weighted by Gasteiger charge is 2.27. The topological polar surface area (TPSA) is 82.2 Å². The minimum Gasteiger partial charge on any atom is -0.429 e. The van der Waals surface area contributed by atoms with E-state index in [-0.39, 0.29) is 32.3 Å². The second kappa shape index (κ2) is 13.6. The lowest BCUT2D eigenvalue weighted by atomic mass is 10.1. The third-order valence-corrected chi connectivity index (χ3v) is 6.26. The van der Waals surface area contributed by atoms with Gasteiger partial charge in [-0.25, -0.2) is 5.01 Å². The second-order valence-electron chi connectivity index (χ2n) is 9.41. The lowest BCUT2D eigenvalue weighted by Crippen LogP contribution is -2.48. The van der Waals surface area contributed by atoms with Crippen molar-refractivity contribution in [1.29, 1.82) is 0 Å². The second-order valence-corrected chi connectivity index (χ2v) is 9.41. The lowest BCUT2D eigenvalue weighted by Gasteiger charge is -2.32. The standard InChI is InChI=1S/C27H36N4O4.CH4/c1-20(2)8-7-13-28-26(33)17-30(25-14-24(35-19-32)12-11-21(25)3)18-27(34)29(4)31-15-22-9-5-6-10-23(22)16-31;/h5-6,9-12,14,19-20H,7-8,13,15-18H2,1-4H3,(H,28,33);1H4. The number of likely N-dealkylation sites (N-methyl/N-ethyl adjacent to an activating group) is 1. The molecule has 2 amide bonds. The van der Waals surface area contributed by atoms with Crippen molar-refractivity contribution in [2.45, 2.75) is 54.1 Å². The number of amides is 2. The molecule has 1 aliphatic heterocycles. The molecule has 1 N–H and O–H groups in total. The molecule has 0 spiro atoms. The zero-order chi connectivity index (χ0) is 25.4. The van der Waals surface area contributed by atoms with Crippen molar-refractivity contribution in [3.63, 3.8) is 0 Å². The minimum atomic E-state index is -0.154. The number of nitrogens with zero attached hydrogens (tertiary/aromatic N) is 3. The monoisotopic (exact) mass is 496 g/mol. The number of carbonyl (C=O) groups excluding carboxylic acids is 3. The summed E-state index contributed by atoms with van der Waals surface area (Å²) in [5, 5.41) is 6.59. The molecule has 0 bridgehead atoms. The van der Waals surface area contributed by atoms with Crippen LogP contribution in [0.4, 0.5) is 5.69 Å². The number of rotatable bonds is 12. The van der Waals surface area contributed by atoms with Crippen LogP contribution < -0.4 is 15.0 Å². The van der Waals surface area contributed by atoms with Crippen LogP contribution in [-0.2, 0) is 27.5 Å². The van der Waals surface area contributed by atoms with E-state index >= 15 is 0 Å². The number of hydrogen-bond acceptors (Lipinski definition) is 6. The number of nitrogens with one attached hydrogen (secondary N) is 1. The van der Waals surface area contributed by atoms with Gasteiger partial charge in [-0.2, -0.15) is 0 Å². The van der Waals surface area contributed by atoms with E-state index in [0.29, 0.717) is 43.5 Å². The fourth-order valence-electron chi connectivity index (χ4n) is 4.20. The fourth-order valence-corrected chi connectivity index (χ4v) is 4.20. The Bertz CT molecular complexity index is 1010. The highest BCUT2D eigenvalue weighted by Crippen LogP contribution is 2.27. The molecule has 1 aliphatic rings. The highest BCUT2D eigenvalue weighted by molar-refractivity contribution is 5.87. The Balaban J connectivity index is 0.00000456. The maximum atomic E-state index is 13.3. The first-order chi connectivity index (χ1) is 16.8. The number of carbonyl (C=O) groups is 3. The SMILES string of the molecule is C.Cc1ccc(OC=O)cc1N(CC(=O)NCCCC(C)C)CC(=O)N(C)N1Cc2ccccc2C1. The van der Waals surface area contributed by atoms with E-state index in [4.69, 9.17) is 4.74 Å². The molecule has 0 saturated carbocycles. The zero-order valence-electron chi connectivity index (χ0n) is 21.1. The number of anilines is 1. The minimum absolute atomic E-state index is 0. The lowest BCUT2D eigenvalue weighted by molar-refractivity contribution is -0.145. The van der Waals surface area contributed by atoms with Crippen molar-refractivity contribution >= 4 is 24.0 Å². The van der Waals surface area contributed by atoms with Gasteiger partial charge in [0.25, 0.3) is 12.4 Å². The van der Waals surface area contributed by atoms with Gasteiger partial charge in [0.2, 0.25) is 5.91 Å². The maximum absolute atomic E-state index is 13.3. The quantitative estimate of drug-likeness (QED) is 0.354. The Morgan fingerprint density at radius 1 is 1.11 bits per heavy atom. The first-order valence-corrected chi connectivity index (χ1v) is 12.1. The molecular weight excluding hydrogens is 456 g/mol. The van der Waals surface area contributed by atoms with Crippen LogP contribution in [0.5, 0.6) is 5.75 Å². The molecule has 8 heteroatoms. The number of aryl methyl sites for hydroxylation is 1. The van der Waals surface area contributed by atoms with Gasteiger partial charge in [0, 0.05) is 38.4 Å². The van der Waals surface area contributed by atoms with Gasteiger partial charge in [-0.15, -0.1) is 0 Å². The van der Waals surface area contributed by atoms with E-state index in [1.54, 1.807) is 29.1 Å². The van der Waals surface area contributed by atoms with E-state index in [1.165, 1.54) is 11.1 Å². The number of fused-ring (bicyclic) bond motifs is 1. The Hall–Kier alpha value is -3.39. The average molecular weight is 497 g/mol. The van der Waals surface area contributed by atoms with E-state index in [0.717, 1.165) is 18.4 Å². The van der Waals surface area contributed by atoms with Crippen LogP contribution in [0.3, 0.4) is 0 Å². The Kier molecular flexibility index (Phi) is 10.9. The predicted molar refractivity (Wildman–Crippen MR) is 142 cm³/mol. The van der Waals surface area contributed by atoms with Crippen LogP contribution in [0.2, 0.25) is 0 Å². The number of benzene rings is 2. The summed E-state index contributed by atoms with van der Waals surface area (Å²) in [4.78, 5) is 38.7. The first kappa shape index (κ1) is 28.8. The molecular formula is C28H40N4O4. The summed E-state index contributed by atoms with van der Waals surface area (Å²) in [7, 11) is 1.76. The van der Waals surface area contributed by atoms with Crippen LogP contribution in [0.1, 0.15) is 50.8 Å². The summed E-state index contributed by atoms with van der Waals surface area (Å²) in [5.41, 5.74) is 3.96. The molecule has 8 nitrogen and oxygen atoms in total. The summed E-state index contributed by atoms with van der Waals surface area (Å²) in [5.74, 6) is 0.653. The van der Waals surface area contributed by atoms with Crippen LogP contribution in [0, 0.1) is 12.8 Å². The fraction of sp³-hybridized carbons (Fsp3) is 0.464. The van der Waals surface area contributed by atoms with Crippen LogP contribution >= 0.6 is 0 Å². The van der Waals surface area contributed by atoms with Crippen LogP contribution in [-0.4, -0.2) is 55.0 Å². The molecule has 0 atom stereocenters. The maximum Gasteiger partial charge on any atom is 0.298 e. The van der Waals surface area contributed by atoms with Gasteiger partial charge >= 0.3 is 0 Å². The van der Waals surface area contributed by atoms with Gasteiger partial charge in [-0.3, -0.25) is 19.4 Å². The Morgan fingerprint density at radius 3 is 2.39 bits per heavy atom. The van der Waals surface area contributed by atoms with Crippen molar-refractivity contribution in [2.75, 3.05) is 31.6 Å². The van der Waals surface area contributed by atoms with E-state index in [1.807, 2.05) is 30.1 Å². The molecule has 196 valence electrons. The molecule has 0 aliphatic carbocycles. The molecule has 0 unspecified atom stereocenters. The molecule has 3 rings (SSSR count). The molecule has 2 aromatic rings. The molecule has 0 aromatic heterocycles. The first-order valence-electron chi connectivity index (χ1n) is 12.1. The molecule has 36 heavy (non-hydrogen) atoms. The van der Waals surface area contributed by atoms with Crippen molar-refractivity contribution < 1.29 is 19.1 Å². The summed E-state index contributed by atoms with van der Waals surface area (Å²) in [6, 6.07) is 13.3. The summed E-state index contributed by atoms with van der Waals surface area (Å²) < 4.78 is 5.02. The van der Waals surface area contributed by atoms with E-state index in [9.17, 15) is 14.4 Å². The van der Waals surface area contributed by atoms with Crippen molar-refractivity contribution in [2.24, 2.45) is 5.92 Å². The van der Waals surface area contributed by atoms with Crippen molar-refractivity contribution in [1.82, 2.24) is 15.3 Å². The molecule has 0 fully saturated rings. The van der Waals surface area contributed by atoms with Crippen molar-refractivity contribution in [3.05, 3.63) is 59.2 Å². The number of ether oxygens (including phenoxy) is 1. The van der Waals surface area contributed by atoms with E-state index in [2.05, 4.69) is 31.3 Å². The molecule has 2 aromatic carbocycles. The van der Waals surface area contributed by atoms with Crippen LogP contribution in [0.15, 0.2) is 42.5 Å². The molecule has 0 saturated heterocycles. The normalized spacial score (nSPS) is 12.5. The predicted octanol–water partition coefficient (Wildman–Crippen LogP) is 3.91. The van der Waals surface area contributed by atoms with Crippen molar-refractivity contribution in [3.8, 4) is 5.75 Å². The third-order valence-electron chi connectivity index (χ3n) is 6.26. The number of hydrazine groups is 1. The van der Waals surface area contributed by atoms with Gasteiger partial charge in [0.05, 0.1) is 13.1 Å². The number of hydrogen-bond donors (Lipinski definition) is 1. The largest absolute Gasteiger partial charge is 0.429 e. The van der Waals surface area contributed by atoms with Gasteiger partial charge < -0.3 is 15.0 Å². The summed E-state index contributed by atoms with van der Waals surface area (Å²) in [6.07, 6.45) is 1.94. The van der Waals surface area contributed by atoms with Gasteiger partial charge in [0.1, 0.15) is 5.75 Å². The van der Waals surface area contributed by atoms with Crippen LogP contribution in [0.25, 0.3) is 0 Å². The Labute approximate surface area is 215 Å². The van der Waals surface area contributed by atoms with Gasteiger partial charge in [-0.1, -0.05) is 51.6 Å². The summed E-state index contributed by atoms with van der Waals surface area (Å²) >= 11 is 0. The summed E-state index contributed by atoms with van der Waals surface area (Å²) in [6.45, 7) is 8.53. The third kappa shape index (κ3) is 7.81. The average Bonchev–Trinajstić information content (AvgIpc) is 3.26. The molecule has 0 radical (unpaired) electrons. The smallest absolute Gasteiger partial charge is 0.298 e. The van der Waals surface area contributed by atoms with E-state index < -0.39 is 0 Å².